The molecular formula is C25H22N2O4. The van der Waals surface area contributed by atoms with Crippen molar-refractivity contribution in [1.29, 1.82) is 0 Å². The number of amides is 2. The molecule has 0 bridgehead atoms. The van der Waals surface area contributed by atoms with Gasteiger partial charge < -0.3 is 19.8 Å². The van der Waals surface area contributed by atoms with Crippen LogP contribution in [-0.4, -0.2) is 17.9 Å². The van der Waals surface area contributed by atoms with E-state index in [9.17, 15) is 9.59 Å². The number of hydrogen-bond donors (Lipinski definition) is 2. The summed E-state index contributed by atoms with van der Waals surface area (Å²) in [5.74, 6) is 0.591. The maximum atomic E-state index is 12.7. The van der Waals surface area contributed by atoms with E-state index in [-0.39, 0.29) is 18.4 Å². The van der Waals surface area contributed by atoms with Gasteiger partial charge in [0.05, 0.1) is 24.1 Å². The van der Waals surface area contributed by atoms with Gasteiger partial charge in [-0.25, -0.2) is 0 Å². The molecule has 0 saturated carbocycles. The fraction of sp³-hybridized carbons (Fsp3) is 0.120. The van der Waals surface area contributed by atoms with E-state index in [0.29, 0.717) is 22.8 Å². The number of hydrogen-bond acceptors (Lipinski definition) is 4. The van der Waals surface area contributed by atoms with Gasteiger partial charge in [-0.15, -0.1) is 0 Å². The lowest BCUT2D eigenvalue weighted by Gasteiger charge is -2.17. The summed E-state index contributed by atoms with van der Waals surface area (Å²) >= 11 is 0. The minimum Gasteiger partial charge on any atom is -0.481 e. The number of carbonyl (C=O) groups is 2. The van der Waals surface area contributed by atoms with Crippen LogP contribution in [-0.2, 0) is 11.3 Å². The zero-order valence-corrected chi connectivity index (χ0v) is 17.0. The highest BCUT2D eigenvalue weighted by Crippen LogP contribution is 2.22. The monoisotopic (exact) mass is 414 g/mol. The average molecular weight is 414 g/mol. The van der Waals surface area contributed by atoms with Gasteiger partial charge in [0.1, 0.15) is 11.5 Å². The first-order valence-corrected chi connectivity index (χ1v) is 9.96. The Morgan fingerprint density at radius 3 is 2.52 bits per heavy atom. The molecule has 6 nitrogen and oxygen atoms in total. The highest BCUT2D eigenvalue weighted by Gasteiger charge is 2.18. The van der Waals surface area contributed by atoms with Crippen molar-refractivity contribution in [3.8, 4) is 5.75 Å². The average Bonchev–Trinajstić information content (AvgIpc) is 3.31. The molecule has 0 fully saturated rings. The standard InChI is InChI=1S/C25H22N2O4/c1-17(31-20-13-12-18-7-2-3-8-19(18)15-20)24(28)27-23-11-5-4-10-22(23)25(29)26-16-21-9-6-14-30-21/h2-15,17H,16H2,1H3,(H,26,29)(H,27,28)/t17-/m0/s1. The lowest BCUT2D eigenvalue weighted by Crippen LogP contribution is -2.31. The molecule has 4 rings (SSSR count). The summed E-state index contributed by atoms with van der Waals surface area (Å²) in [5, 5.41) is 7.71. The molecule has 3 aromatic carbocycles. The van der Waals surface area contributed by atoms with Crippen LogP contribution >= 0.6 is 0 Å². The van der Waals surface area contributed by atoms with Crippen molar-refractivity contribution < 1.29 is 18.7 Å². The van der Waals surface area contributed by atoms with Crippen molar-refractivity contribution >= 4 is 28.3 Å². The third-order valence-electron chi connectivity index (χ3n) is 4.84. The fourth-order valence-corrected chi connectivity index (χ4v) is 3.20. The van der Waals surface area contributed by atoms with Gasteiger partial charge >= 0.3 is 0 Å². The van der Waals surface area contributed by atoms with Crippen molar-refractivity contribution in [2.24, 2.45) is 0 Å². The van der Waals surface area contributed by atoms with E-state index in [1.54, 1.807) is 49.6 Å². The maximum absolute atomic E-state index is 12.7. The van der Waals surface area contributed by atoms with Gasteiger partial charge in [0.25, 0.3) is 11.8 Å². The largest absolute Gasteiger partial charge is 0.481 e. The zero-order chi connectivity index (χ0) is 21.6. The molecule has 6 heteroatoms. The molecule has 0 unspecified atom stereocenters. The van der Waals surface area contributed by atoms with Gasteiger partial charge in [0.15, 0.2) is 6.10 Å². The summed E-state index contributed by atoms with van der Waals surface area (Å²) in [6, 6.07) is 24.0. The number of carbonyl (C=O) groups excluding carboxylic acids is 2. The van der Waals surface area contributed by atoms with E-state index in [1.807, 2.05) is 42.5 Å². The van der Waals surface area contributed by atoms with Gasteiger partial charge in [-0.3, -0.25) is 9.59 Å². The Morgan fingerprint density at radius 2 is 1.71 bits per heavy atom. The molecule has 0 saturated heterocycles. The van der Waals surface area contributed by atoms with Crippen molar-refractivity contribution in [2.45, 2.75) is 19.6 Å². The maximum Gasteiger partial charge on any atom is 0.265 e. The second-order valence-electron chi connectivity index (χ2n) is 7.07. The summed E-state index contributed by atoms with van der Waals surface area (Å²) in [6.45, 7) is 1.93. The lowest BCUT2D eigenvalue weighted by atomic mass is 10.1. The number of furan rings is 1. The van der Waals surface area contributed by atoms with Crippen molar-refractivity contribution in [3.63, 3.8) is 0 Å². The van der Waals surface area contributed by atoms with E-state index in [0.717, 1.165) is 10.8 Å². The van der Waals surface area contributed by atoms with Crippen LogP contribution in [0.1, 0.15) is 23.0 Å². The number of ether oxygens (including phenoxy) is 1. The topological polar surface area (TPSA) is 80.6 Å². The minimum absolute atomic E-state index is 0.260. The van der Waals surface area contributed by atoms with Crippen molar-refractivity contribution in [2.75, 3.05) is 5.32 Å². The van der Waals surface area contributed by atoms with E-state index < -0.39 is 6.10 Å². The number of anilines is 1. The molecule has 0 aliphatic carbocycles. The van der Waals surface area contributed by atoms with Crippen LogP contribution in [0.25, 0.3) is 10.8 Å². The van der Waals surface area contributed by atoms with Crippen molar-refractivity contribution in [1.82, 2.24) is 5.32 Å². The zero-order valence-electron chi connectivity index (χ0n) is 17.0. The minimum atomic E-state index is -0.750. The molecule has 4 aromatic rings. The molecule has 2 N–H and O–H groups in total. The van der Waals surface area contributed by atoms with Gasteiger partial charge in [-0.1, -0.05) is 42.5 Å². The Balaban J connectivity index is 1.42. The Morgan fingerprint density at radius 1 is 0.935 bits per heavy atom. The Bertz CT molecular complexity index is 1200. The number of para-hydroxylation sites is 1. The Hall–Kier alpha value is -4.06. The summed E-state index contributed by atoms with van der Waals surface area (Å²) in [5.41, 5.74) is 0.777. The smallest absolute Gasteiger partial charge is 0.265 e. The van der Waals surface area contributed by atoms with Crippen LogP contribution in [0.15, 0.2) is 89.5 Å². The molecular weight excluding hydrogens is 392 g/mol. The van der Waals surface area contributed by atoms with Crippen LogP contribution in [0.4, 0.5) is 5.69 Å². The third kappa shape index (κ3) is 4.93. The molecule has 156 valence electrons. The van der Waals surface area contributed by atoms with Gasteiger partial charge in [0, 0.05) is 0 Å². The van der Waals surface area contributed by atoms with Crippen LogP contribution in [0.2, 0.25) is 0 Å². The molecule has 0 spiro atoms. The van der Waals surface area contributed by atoms with Crippen LogP contribution < -0.4 is 15.4 Å². The van der Waals surface area contributed by atoms with E-state index in [4.69, 9.17) is 9.15 Å². The molecule has 1 aromatic heterocycles. The molecule has 0 aliphatic rings. The fourth-order valence-electron chi connectivity index (χ4n) is 3.20. The number of rotatable bonds is 7. The highest BCUT2D eigenvalue weighted by molar-refractivity contribution is 6.04. The molecule has 1 atom stereocenters. The SMILES string of the molecule is C[C@H](Oc1ccc2ccccc2c1)C(=O)Nc1ccccc1C(=O)NCc1ccco1. The van der Waals surface area contributed by atoms with Crippen molar-refractivity contribution in [3.05, 3.63) is 96.4 Å². The Kier molecular flexibility index (Phi) is 5.98. The van der Waals surface area contributed by atoms with E-state index in [2.05, 4.69) is 10.6 Å². The Labute approximate surface area is 179 Å². The summed E-state index contributed by atoms with van der Waals surface area (Å²) in [7, 11) is 0. The molecule has 0 aliphatic heterocycles. The predicted octanol–water partition coefficient (Wildman–Crippen LogP) is 4.77. The summed E-state index contributed by atoms with van der Waals surface area (Å²) in [6.07, 6.45) is 0.799. The number of nitrogens with one attached hydrogen (secondary N) is 2. The van der Waals surface area contributed by atoms with Gasteiger partial charge in [0.2, 0.25) is 0 Å². The number of fused-ring (bicyclic) bond motifs is 1. The molecule has 31 heavy (non-hydrogen) atoms. The van der Waals surface area contributed by atoms with E-state index >= 15 is 0 Å². The third-order valence-corrected chi connectivity index (χ3v) is 4.84. The molecule has 0 radical (unpaired) electrons. The quantitative estimate of drug-likeness (QED) is 0.457. The molecule has 2 amide bonds. The lowest BCUT2D eigenvalue weighted by molar-refractivity contribution is -0.122. The second kappa shape index (κ2) is 9.17. The van der Waals surface area contributed by atoms with Gasteiger partial charge in [-0.05, 0) is 54.1 Å². The first-order chi connectivity index (χ1) is 15.1. The van der Waals surface area contributed by atoms with E-state index in [1.165, 1.54) is 0 Å². The summed E-state index contributed by atoms with van der Waals surface area (Å²) in [4.78, 5) is 25.3. The molecule has 1 heterocycles. The predicted molar refractivity (Wildman–Crippen MR) is 119 cm³/mol. The van der Waals surface area contributed by atoms with Crippen LogP contribution in [0.3, 0.4) is 0 Å². The highest BCUT2D eigenvalue weighted by atomic mass is 16.5. The number of benzene rings is 3. The summed E-state index contributed by atoms with van der Waals surface area (Å²) < 4.78 is 11.1. The first kappa shape index (κ1) is 20.2. The normalized spacial score (nSPS) is 11.6. The van der Waals surface area contributed by atoms with Crippen LogP contribution in [0, 0.1) is 0 Å². The van der Waals surface area contributed by atoms with Gasteiger partial charge in [-0.2, -0.15) is 0 Å². The van der Waals surface area contributed by atoms with Crippen LogP contribution in [0.5, 0.6) is 5.75 Å². The second-order valence-corrected chi connectivity index (χ2v) is 7.07. The first-order valence-electron chi connectivity index (χ1n) is 9.96.